The van der Waals surface area contributed by atoms with Crippen LogP contribution in [0.15, 0.2) is 0 Å². The first-order valence-electron chi connectivity index (χ1n) is 9.32. The minimum absolute atomic E-state index is 0.204. The van der Waals surface area contributed by atoms with Crippen LogP contribution in [0.4, 0.5) is 17.6 Å². The van der Waals surface area contributed by atoms with Crippen molar-refractivity contribution < 1.29 is 27.2 Å². The molecule has 0 spiro atoms. The summed E-state index contributed by atoms with van der Waals surface area (Å²) in [4.78, 5) is 26.8. The molecule has 148 valence electrons. The SMILES string of the molecule is CCc1sc2c(c1F)C(=O)C1C(F)C3c4sc(CC)c(F)c4C(=O)C3C(F)C21. The number of aryl methyl sites for hydroxylation is 2. The van der Waals surface area contributed by atoms with Crippen LogP contribution in [0, 0.1) is 23.5 Å². The van der Waals surface area contributed by atoms with Crippen molar-refractivity contribution in [1.29, 1.82) is 0 Å². The average molecular weight is 428 g/mol. The van der Waals surface area contributed by atoms with Crippen LogP contribution in [0.3, 0.4) is 0 Å². The Bertz CT molecular complexity index is 957. The second-order valence-electron chi connectivity index (χ2n) is 7.58. The maximum Gasteiger partial charge on any atom is 0.173 e. The Balaban J connectivity index is 1.66. The summed E-state index contributed by atoms with van der Waals surface area (Å²) >= 11 is 1.98. The summed E-state index contributed by atoms with van der Waals surface area (Å²) in [6.07, 6.45) is -2.99. The number of halogens is 4. The number of Topliss-reactive ketones (excluding diaryl/α,β-unsaturated/α-hetero) is 2. The third kappa shape index (κ3) is 1.98. The van der Waals surface area contributed by atoms with Crippen LogP contribution in [-0.4, -0.2) is 23.9 Å². The largest absolute Gasteiger partial charge is 0.294 e. The van der Waals surface area contributed by atoms with Crippen LogP contribution < -0.4 is 0 Å². The summed E-state index contributed by atoms with van der Waals surface area (Å²) in [6, 6.07) is 0. The van der Waals surface area contributed by atoms with Gasteiger partial charge in [0.25, 0.3) is 0 Å². The Hall–Kier alpha value is -1.54. The lowest BCUT2D eigenvalue weighted by molar-refractivity contribution is 0.0240. The molecule has 0 aliphatic heterocycles. The van der Waals surface area contributed by atoms with Crippen molar-refractivity contribution in [2.24, 2.45) is 11.8 Å². The number of hydrogen-bond donors (Lipinski definition) is 0. The molecule has 0 radical (unpaired) electrons. The van der Waals surface area contributed by atoms with Crippen molar-refractivity contribution in [3.63, 3.8) is 0 Å². The molecule has 2 nitrogen and oxygen atoms in total. The van der Waals surface area contributed by atoms with Gasteiger partial charge in [-0.25, -0.2) is 17.6 Å². The fourth-order valence-electron chi connectivity index (χ4n) is 5.14. The molecule has 0 amide bonds. The molecular formula is C20H16F4O2S2. The van der Waals surface area contributed by atoms with Crippen LogP contribution in [0.5, 0.6) is 0 Å². The lowest BCUT2D eigenvalue weighted by Gasteiger charge is -2.39. The standard InChI is InChI=1S/C20H16F4O2S2/c1-3-5-13(21)11-17(25)7-9(19(11)27-5)15(23)8-10(16(7)24)20-12(18(8)26)14(22)6(4-2)28-20/h7-10,15-16H,3-4H2,1-2H3. The first-order valence-corrected chi connectivity index (χ1v) is 10.9. The molecule has 0 saturated heterocycles. The zero-order valence-electron chi connectivity index (χ0n) is 15.0. The van der Waals surface area contributed by atoms with E-state index in [2.05, 4.69) is 0 Å². The topological polar surface area (TPSA) is 34.1 Å². The van der Waals surface area contributed by atoms with E-state index in [1.165, 1.54) is 0 Å². The highest BCUT2D eigenvalue weighted by molar-refractivity contribution is 7.13. The summed E-state index contributed by atoms with van der Waals surface area (Å²) in [5, 5.41) is 0. The zero-order chi connectivity index (χ0) is 20.1. The predicted octanol–water partition coefficient (Wildman–Crippen LogP) is 5.39. The van der Waals surface area contributed by atoms with Crippen molar-refractivity contribution >= 4 is 34.2 Å². The fourth-order valence-corrected chi connectivity index (χ4v) is 7.75. The molecule has 2 heterocycles. The summed E-state index contributed by atoms with van der Waals surface area (Å²) < 4.78 is 60.4. The highest BCUT2D eigenvalue weighted by Gasteiger charge is 2.65. The third-order valence-corrected chi connectivity index (χ3v) is 9.20. The lowest BCUT2D eigenvalue weighted by Crippen LogP contribution is -2.46. The number of hydrogen-bond acceptors (Lipinski definition) is 4. The first kappa shape index (κ1) is 18.5. The van der Waals surface area contributed by atoms with E-state index in [1.54, 1.807) is 13.8 Å². The van der Waals surface area contributed by atoms with Crippen molar-refractivity contribution in [3.8, 4) is 0 Å². The molecule has 6 atom stereocenters. The molecule has 2 aromatic rings. The van der Waals surface area contributed by atoms with Gasteiger partial charge in [-0.1, -0.05) is 13.8 Å². The van der Waals surface area contributed by atoms with Crippen molar-refractivity contribution in [2.75, 3.05) is 0 Å². The zero-order valence-corrected chi connectivity index (χ0v) is 16.7. The fraction of sp³-hybridized carbons (Fsp3) is 0.500. The molecule has 3 aliphatic rings. The molecular weight excluding hydrogens is 412 g/mol. The minimum Gasteiger partial charge on any atom is -0.294 e. The second kappa shape index (κ2) is 5.98. The van der Waals surface area contributed by atoms with Gasteiger partial charge in [0.2, 0.25) is 0 Å². The molecule has 8 heteroatoms. The van der Waals surface area contributed by atoms with E-state index >= 15 is 8.78 Å². The van der Waals surface area contributed by atoms with E-state index in [1.807, 2.05) is 0 Å². The maximum atomic E-state index is 15.6. The van der Waals surface area contributed by atoms with Gasteiger partial charge in [-0.2, -0.15) is 0 Å². The Labute approximate surface area is 166 Å². The summed E-state index contributed by atoms with van der Waals surface area (Å²) in [5.74, 6) is -7.89. The molecule has 3 aliphatic carbocycles. The van der Waals surface area contributed by atoms with Crippen molar-refractivity contribution in [2.45, 2.75) is 50.9 Å². The van der Waals surface area contributed by atoms with Gasteiger partial charge in [-0.15, -0.1) is 22.7 Å². The predicted molar refractivity (Wildman–Crippen MR) is 98.2 cm³/mol. The van der Waals surface area contributed by atoms with Gasteiger partial charge in [0.15, 0.2) is 11.6 Å². The monoisotopic (exact) mass is 428 g/mol. The number of alkyl halides is 2. The highest BCUT2D eigenvalue weighted by atomic mass is 32.1. The molecule has 2 aromatic heterocycles. The van der Waals surface area contributed by atoms with Gasteiger partial charge in [0.05, 0.1) is 23.0 Å². The lowest BCUT2D eigenvalue weighted by atomic mass is 9.67. The van der Waals surface area contributed by atoms with Crippen LogP contribution in [-0.2, 0) is 12.8 Å². The molecule has 28 heavy (non-hydrogen) atoms. The van der Waals surface area contributed by atoms with Crippen molar-refractivity contribution in [3.05, 3.63) is 42.3 Å². The van der Waals surface area contributed by atoms with E-state index < -0.39 is 59.2 Å². The minimum atomic E-state index is -1.84. The second-order valence-corrected chi connectivity index (χ2v) is 9.86. The smallest absolute Gasteiger partial charge is 0.173 e. The van der Waals surface area contributed by atoms with Gasteiger partial charge in [0, 0.05) is 31.3 Å². The summed E-state index contributed by atoms with van der Waals surface area (Å²) in [5.41, 5.74) is -0.414. The van der Waals surface area contributed by atoms with E-state index in [-0.39, 0.29) is 20.9 Å². The van der Waals surface area contributed by atoms with Crippen LogP contribution >= 0.6 is 22.7 Å². The average Bonchev–Trinajstić information content (AvgIpc) is 3.34. The normalized spacial score (nSPS) is 33.1. The molecule has 5 rings (SSSR count). The van der Waals surface area contributed by atoms with Gasteiger partial charge >= 0.3 is 0 Å². The summed E-state index contributed by atoms with van der Waals surface area (Å²) in [6.45, 7) is 3.45. The Morgan fingerprint density at radius 3 is 1.39 bits per heavy atom. The molecule has 6 unspecified atom stereocenters. The van der Waals surface area contributed by atoms with Crippen LogP contribution in [0.1, 0.15) is 65.9 Å². The molecule has 0 bridgehead atoms. The number of carbonyl (C=O) groups is 2. The maximum absolute atomic E-state index is 15.6. The van der Waals surface area contributed by atoms with E-state index in [9.17, 15) is 18.4 Å². The van der Waals surface area contributed by atoms with Gasteiger partial charge < -0.3 is 0 Å². The molecule has 0 N–H and O–H groups in total. The number of ketones is 2. The van der Waals surface area contributed by atoms with E-state index in [4.69, 9.17) is 0 Å². The quantitative estimate of drug-likeness (QED) is 0.601. The number of thiophene rings is 2. The van der Waals surface area contributed by atoms with Crippen LogP contribution in [0.25, 0.3) is 0 Å². The number of rotatable bonds is 2. The van der Waals surface area contributed by atoms with E-state index in [0.29, 0.717) is 22.6 Å². The Morgan fingerprint density at radius 1 is 0.714 bits per heavy atom. The highest BCUT2D eigenvalue weighted by Crippen LogP contribution is 2.62. The number of fused-ring (bicyclic) bond motifs is 6. The number of carbonyl (C=O) groups excluding carboxylic acids is 2. The van der Waals surface area contributed by atoms with Crippen LogP contribution in [0.2, 0.25) is 0 Å². The molecule has 1 saturated carbocycles. The Kier molecular flexibility index (Phi) is 3.95. The summed E-state index contributed by atoms with van der Waals surface area (Å²) in [7, 11) is 0. The third-order valence-electron chi connectivity index (χ3n) is 6.38. The van der Waals surface area contributed by atoms with Gasteiger partial charge in [-0.3, -0.25) is 9.59 Å². The van der Waals surface area contributed by atoms with Gasteiger partial charge in [-0.05, 0) is 12.8 Å². The molecule has 0 aromatic carbocycles. The van der Waals surface area contributed by atoms with Gasteiger partial charge in [0.1, 0.15) is 24.0 Å². The van der Waals surface area contributed by atoms with Crippen molar-refractivity contribution in [1.82, 2.24) is 0 Å². The Morgan fingerprint density at radius 2 is 1.07 bits per heavy atom. The molecule has 1 fully saturated rings. The first-order chi connectivity index (χ1) is 13.3. The van der Waals surface area contributed by atoms with E-state index in [0.717, 1.165) is 22.7 Å².